The highest BCUT2D eigenvalue weighted by atomic mass is 13.9. The molecule has 126 valence electrons. The molecule has 3 aromatic carbocycles. The quantitative estimate of drug-likeness (QED) is 0.395. The maximum atomic E-state index is 2.12. The first-order valence-corrected chi connectivity index (χ1v) is 8.82. The van der Waals surface area contributed by atoms with Crippen LogP contribution in [0, 0.1) is 6.92 Å². The summed E-state index contributed by atoms with van der Waals surface area (Å²) in [5.41, 5.74) is 1.32. The van der Waals surface area contributed by atoms with Crippen molar-refractivity contribution in [2.75, 3.05) is 0 Å². The normalized spacial score (nSPS) is 7.78. The van der Waals surface area contributed by atoms with E-state index in [2.05, 4.69) is 67.6 Å². The van der Waals surface area contributed by atoms with Gasteiger partial charge in [-0.2, -0.15) is 0 Å². The number of rotatable bonds is 0. The lowest BCUT2D eigenvalue weighted by Crippen LogP contribution is -1.67. The van der Waals surface area contributed by atoms with Crippen LogP contribution in [0.25, 0.3) is 10.8 Å². The fourth-order valence-corrected chi connectivity index (χ4v) is 1.67. The minimum Gasteiger partial charge on any atom is -0.0683 e. The fraction of sp³-hybridized carbons (Fsp3) is 0.304. The molecule has 0 heterocycles. The van der Waals surface area contributed by atoms with Gasteiger partial charge in [0.25, 0.3) is 0 Å². The Morgan fingerprint density at radius 1 is 0.391 bits per heavy atom. The molecule has 0 aliphatic heterocycles. The molecular formula is C23H34. The van der Waals surface area contributed by atoms with Gasteiger partial charge in [0.1, 0.15) is 0 Å². The van der Waals surface area contributed by atoms with Crippen LogP contribution in [0.5, 0.6) is 0 Å². The smallest absolute Gasteiger partial charge is 0.0184 e. The number of fused-ring (bicyclic) bond motifs is 1. The van der Waals surface area contributed by atoms with E-state index < -0.39 is 0 Å². The summed E-state index contributed by atoms with van der Waals surface area (Å²) in [6.45, 7) is 14.1. The topological polar surface area (TPSA) is 0 Å². The van der Waals surface area contributed by atoms with Crippen LogP contribution >= 0.6 is 0 Å². The Balaban J connectivity index is 0. The maximum absolute atomic E-state index is 2.12. The molecule has 0 atom stereocenters. The molecule has 0 N–H and O–H groups in total. The summed E-state index contributed by atoms with van der Waals surface area (Å²) in [4.78, 5) is 0. The highest BCUT2D eigenvalue weighted by molar-refractivity contribution is 5.81. The third-order valence-electron chi connectivity index (χ3n) is 2.60. The predicted octanol–water partition coefficient (Wildman–Crippen LogP) is 7.91. The first-order valence-electron chi connectivity index (χ1n) is 8.82. The van der Waals surface area contributed by atoms with Gasteiger partial charge in [0, 0.05) is 0 Å². The summed E-state index contributed by atoms with van der Waals surface area (Å²) in [6, 6.07) is 27.0. The Kier molecular flexibility index (Phi) is 18.1. The van der Waals surface area contributed by atoms with Gasteiger partial charge >= 0.3 is 0 Å². The van der Waals surface area contributed by atoms with E-state index in [-0.39, 0.29) is 0 Å². The van der Waals surface area contributed by atoms with Crippen LogP contribution < -0.4 is 0 Å². The Morgan fingerprint density at radius 2 is 0.652 bits per heavy atom. The molecule has 0 radical (unpaired) electrons. The maximum Gasteiger partial charge on any atom is -0.0184 e. The van der Waals surface area contributed by atoms with Gasteiger partial charge in [-0.25, -0.2) is 0 Å². The zero-order valence-corrected chi connectivity index (χ0v) is 16.0. The van der Waals surface area contributed by atoms with Crippen molar-refractivity contribution in [3.8, 4) is 0 Å². The fourth-order valence-electron chi connectivity index (χ4n) is 1.67. The van der Waals surface area contributed by atoms with Gasteiger partial charge in [-0.1, -0.05) is 126 Å². The average molecular weight is 311 g/mol. The van der Waals surface area contributed by atoms with Crippen LogP contribution in [-0.2, 0) is 0 Å². The second kappa shape index (κ2) is 18.0. The van der Waals surface area contributed by atoms with Crippen molar-refractivity contribution < 1.29 is 0 Å². The third-order valence-corrected chi connectivity index (χ3v) is 2.60. The van der Waals surface area contributed by atoms with Gasteiger partial charge in [-0.3, -0.25) is 0 Å². The zero-order chi connectivity index (χ0) is 17.9. The second-order valence-corrected chi connectivity index (χ2v) is 4.00. The van der Waals surface area contributed by atoms with Crippen molar-refractivity contribution in [2.45, 2.75) is 48.5 Å². The van der Waals surface area contributed by atoms with Crippen molar-refractivity contribution in [3.05, 3.63) is 84.4 Å². The molecule has 0 fully saturated rings. The number of hydrogen-bond acceptors (Lipinski definition) is 0. The van der Waals surface area contributed by atoms with Crippen molar-refractivity contribution in [1.82, 2.24) is 0 Å². The molecule has 0 nitrogen and oxygen atoms in total. The van der Waals surface area contributed by atoms with E-state index in [1.54, 1.807) is 0 Å². The van der Waals surface area contributed by atoms with Gasteiger partial charge in [-0.05, 0) is 17.7 Å². The summed E-state index contributed by atoms with van der Waals surface area (Å²) in [7, 11) is 0. The molecule has 0 saturated heterocycles. The lowest BCUT2D eigenvalue weighted by molar-refractivity contribution is 1.48. The number of benzene rings is 3. The van der Waals surface area contributed by atoms with Crippen LogP contribution in [0.4, 0.5) is 0 Å². The molecule has 23 heavy (non-hydrogen) atoms. The van der Waals surface area contributed by atoms with Crippen LogP contribution in [0.2, 0.25) is 0 Å². The first kappa shape index (κ1) is 23.2. The van der Waals surface area contributed by atoms with E-state index in [1.165, 1.54) is 16.3 Å². The molecule has 0 bridgehead atoms. The molecule has 3 aromatic rings. The summed E-state index contributed by atoms with van der Waals surface area (Å²) in [6.07, 6.45) is 0. The van der Waals surface area contributed by atoms with Crippen molar-refractivity contribution >= 4 is 10.8 Å². The summed E-state index contributed by atoms with van der Waals surface area (Å²) >= 11 is 0. The standard InChI is InChI=1S/C10H8.C7H8.3C2H6/c1-2-6-10-8-4-3-7-9(10)5-1;1-7-5-3-2-4-6-7;3*1-2/h1-8H;2-6H,1H3;3*1-2H3. The molecule has 0 spiro atoms. The van der Waals surface area contributed by atoms with E-state index in [4.69, 9.17) is 0 Å². The number of aryl methyl sites for hydroxylation is 1. The van der Waals surface area contributed by atoms with Gasteiger partial charge in [0.15, 0.2) is 0 Å². The molecule has 0 amide bonds. The molecule has 0 aliphatic rings. The van der Waals surface area contributed by atoms with E-state index in [9.17, 15) is 0 Å². The average Bonchev–Trinajstić information content (AvgIpc) is 2.68. The lowest BCUT2D eigenvalue weighted by atomic mass is 10.1. The molecule has 0 heteroatoms. The molecule has 0 unspecified atom stereocenters. The van der Waals surface area contributed by atoms with Crippen LogP contribution in [-0.4, -0.2) is 0 Å². The monoisotopic (exact) mass is 310 g/mol. The first-order chi connectivity index (χ1) is 11.4. The largest absolute Gasteiger partial charge is 0.0683 e. The highest BCUT2D eigenvalue weighted by Crippen LogP contribution is 2.11. The van der Waals surface area contributed by atoms with Crippen LogP contribution in [0.1, 0.15) is 47.1 Å². The van der Waals surface area contributed by atoms with Crippen LogP contribution in [0.3, 0.4) is 0 Å². The van der Waals surface area contributed by atoms with Gasteiger partial charge in [0.2, 0.25) is 0 Å². The van der Waals surface area contributed by atoms with Crippen molar-refractivity contribution in [2.24, 2.45) is 0 Å². The van der Waals surface area contributed by atoms with Crippen molar-refractivity contribution in [3.63, 3.8) is 0 Å². The Morgan fingerprint density at radius 3 is 0.870 bits per heavy atom. The van der Waals surface area contributed by atoms with E-state index in [0.29, 0.717) is 0 Å². The summed E-state index contributed by atoms with van der Waals surface area (Å²) in [5, 5.41) is 2.62. The molecule has 0 aliphatic carbocycles. The van der Waals surface area contributed by atoms with Crippen molar-refractivity contribution in [1.29, 1.82) is 0 Å². The van der Waals surface area contributed by atoms with E-state index >= 15 is 0 Å². The van der Waals surface area contributed by atoms with Gasteiger partial charge in [-0.15, -0.1) is 0 Å². The minimum atomic E-state index is 1.31. The number of hydrogen-bond donors (Lipinski definition) is 0. The predicted molar refractivity (Wildman–Crippen MR) is 109 cm³/mol. The summed E-state index contributed by atoms with van der Waals surface area (Å²) < 4.78 is 0. The second-order valence-electron chi connectivity index (χ2n) is 4.00. The SMILES string of the molecule is CC.CC.CC.Cc1ccccc1.c1ccc2ccccc2c1. The Bertz CT molecular complexity index is 502. The molecule has 0 aromatic heterocycles. The summed E-state index contributed by atoms with van der Waals surface area (Å²) in [5.74, 6) is 0. The van der Waals surface area contributed by atoms with E-state index in [1.807, 2.05) is 59.7 Å². The highest BCUT2D eigenvalue weighted by Gasteiger charge is 1.85. The van der Waals surface area contributed by atoms with E-state index in [0.717, 1.165) is 0 Å². The Labute approximate surface area is 144 Å². The molecular weight excluding hydrogens is 276 g/mol. The van der Waals surface area contributed by atoms with Gasteiger partial charge in [0.05, 0.1) is 0 Å². The lowest BCUT2D eigenvalue weighted by Gasteiger charge is -1.92. The third kappa shape index (κ3) is 11.2. The minimum absolute atomic E-state index is 1.31. The zero-order valence-electron chi connectivity index (χ0n) is 16.0. The molecule has 0 saturated carbocycles. The van der Waals surface area contributed by atoms with Gasteiger partial charge < -0.3 is 0 Å². The Hall–Kier alpha value is -2.08. The molecule has 3 rings (SSSR count). The van der Waals surface area contributed by atoms with Crippen LogP contribution in [0.15, 0.2) is 78.9 Å².